The minimum Gasteiger partial charge on any atom is -0.311 e. The second-order valence-electron chi connectivity index (χ2n) is 5.07. The minimum absolute atomic E-state index is 0.663. The van der Waals surface area contributed by atoms with Crippen molar-refractivity contribution in [3.05, 3.63) is 34.9 Å². The van der Waals surface area contributed by atoms with E-state index >= 15 is 0 Å². The van der Waals surface area contributed by atoms with E-state index in [0.717, 1.165) is 5.02 Å². The van der Waals surface area contributed by atoms with Gasteiger partial charge in [0.05, 0.1) is 0 Å². The van der Waals surface area contributed by atoms with Crippen LogP contribution in [0.15, 0.2) is 24.3 Å². The molecule has 2 heteroatoms. The van der Waals surface area contributed by atoms with Gasteiger partial charge in [0.25, 0.3) is 0 Å². The zero-order valence-corrected chi connectivity index (χ0v) is 11.5. The zero-order chi connectivity index (χ0) is 12.3. The quantitative estimate of drug-likeness (QED) is 0.820. The third kappa shape index (κ3) is 3.02. The molecule has 0 unspecified atom stereocenters. The molecule has 0 saturated heterocycles. The van der Waals surface area contributed by atoms with Crippen molar-refractivity contribution in [1.29, 1.82) is 0 Å². The summed E-state index contributed by atoms with van der Waals surface area (Å²) in [6, 6.07) is 9.64. The second kappa shape index (κ2) is 5.88. The molecule has 0 aromatic heterocycles. The van der Waals surface area contributed by atoms with E-state index < -0.39 is 0 Å². The first-order valence-corrected chi connectivity index (χ1v) is 7.12. The Bertz CT molecular complexity index is 354. The van der Waals surface area contributed by atoms with Crippen LogP contribution in [0.25, 0.3) is 0 Å². The van der Waals surface area contributed by atoms with Crippen LogP contribution in [-0.4, -0.2) is 12.1 Å². The predicted molar refractivity (Wildman–Crippen MR) is 74.7 cm³/mol. The van der Waals surface area contributed by atoms with Crippen molar-refractivity contribution >= 4 is 11.6 Å². The maximum absolute atomic E-state index is 6.22. The molecule has 1 aliphatic rings. The average Bonchev–Trinajstić information content (AvgIpc) is 2.30. The molecule has 1 aromatic carbocycles. The second-order valence-corrected chi connectivity index (χ2v) is 5.47. The molecule has 0 radical (unpaired) electrons. The molecule has 1 saturated carbocycles. The molecule has 1 aliphatic carbocycles. The van der Waals surface area contributed by atoms with Gasteiger partial charge in [-0.25, -0.2) is 0 Å². The number of rotatable bonds is 5. The van der Waals surface area contributed by atoms with E-state index in [1.807, 2.05) is 12.1 Å². The average molecular weight is 252 g/mol. The summed E-state index contributed by atoms with van der Waals surface area (Å²) in [7, 11) is 0. The molecule has 0 heterocycles. The Morgan fingerprint density at radius 1 is 1.24 bits per heavy atom. The molecular weight excluding hydrogens is 230 g/mol. The normalized spacial score (nSPS) is 23.8. The van der Waals surface area contributed by atoms with Crippen LogP contribution in [0.1, 0.15) is 51.0 Å². The summed E-state index contributed by atoms with van der Waals surface area (Å²) >= 11 is 6.22. The van der Waals surface area contributed by atoms with Gasteiger partial charge in [-0.3, -0.25) is 0 Å². The van der Waals surface area contributed by atoms with E-state index in [2.05, 4.69) is 31.3 Å². The first-order chi connectivity index (χ1) is 8.24. The molecule has 0 amide bonds. The van der Waals surface area contributed by atoms with Gasteiger partial charge in [-0.15, -0.1) is 0 Å². The lowest BCUT2D eigenvalue weighted by atomic mass is 9.75. The minimum atomic E-state index is 0.663. The smallest absolute Gasteiger partial charge is 0.0440 e. The van der Waals surface area contributed by atoms with Gasteiger partial charge in [-0.2, -0.15) is 0 Å². The Hall–Kier alpha value is -0.530. The highest BCUT2D eigenvalue weighted by molar-refractivity contribution is 6.31. The van der Waals surface area contributed by atoms with Crippen molar-refractivity contribution in [3.8, 4) is 0 Å². The topological polar surface area (TPSA) is 12.0 Å². The standard InChI is InChI=1S/C15H22ClN/c1-3-12(4-2)17-13-9-11(10-13)14-7-5-6-8-15(14)16/h5-8,11-13,17H,3-4,9-10H2,1-2H3. The molecule has 1 aromatic rings. The summed E-state index contributed by atoms with van der Waals surface area (Å²) < 4.78 is 0. The fraction of sp³-hybridized carbons (Fsp3) is 0.600. The fourth-order valence-electron chi connectivity index (χ4n) is 2.67. The van der Waals surface area contributed by atoms with Crippen molar-refractivity contribution in [2.24, 2.45) is 0 Å². The van der Waals surface area contributed by atoms with Gasteiger partial charge in [-0.05, 0) is 43.2 Å². The SMILES string of the molecule is CCC(CC)NC1CC(c2ccccc2Cl)C1. The largest absolute Gasteiger partial charge is 0.311 e. The first kappa shape index (κ1) is 12.9. The van der Waals surface area contributed by atoms with Gasteiger partial charge in [0.15, 0.2) is 0 Å². The fourth-order valence-corrected chi connectivity index (χ4v) is 2.96. The highest BCUT2D eigenvalue weighted by Gasteiger charge is 2.31. The Balaban J connectivity index is 1.85. The van der Waals surface area contributed by atoms with E-state index in [1.165, 1.54) is 31.2 Å². The van der Waals surface area contributed by atoms with Crippen LogP contribution >= 0.6 is 11.6 Å². The van der Waals surface area contributed by atoms with Gasteiger partial charge in [0.1, 0.15) is 0 Å². The molecule has 0 atom stereocenters. The first-order valence-electron chi connectivity index (χ1n) is 6.75. The number of benzene rings is 1. The number of nitrogens with one attached hydrogen (secondary N) is 1. The monoisotopic (exact) mass is 251 g/mol. The summed E-state index contributed by atoms with van der Waals surface area (Å²) in [5, 5.41) is 4.66. The molecule has 1 N–H and O–H groups in total. The number of hydrogen-bond donors (Lipinski definition) is 1. The van der Waals surface area contributed by atoms with E-state index in [9.17, 15) is 0 Å². The third-order valence-electron chi connectivity index (χ3n) is 3.94. The van der Waals surface area contributed by atoms with Gasteiger partial charge in [-0.1, -0.05) is 43.6 Å². The van der Waals surface area contributed by atoms with E-state index in [-0.39, 0.29) is 0 Å². The summed E-state index contributed by atoms with van der Waals surface area (Å²) in [4.78, 5) is 0. The molecular formula is C15H22ClN. The van der Waals surface area contributed by atoms with Crippen LogP contribution in [-0.2, 0) is 0 Å². The van der Waals surface area contributed by atoms with Crippen LogP contribution in [0, 0.1) is 0 Å². The van der Waals surface area contributed by atoms with Crippen LogP contribution < -0.4 is 5.32 Å². The highest BCUT2D eigenvalue weighted by Crippen LogP contribution is 2.40. The highest BCUT2D eigenvalue weighted by atomic mass is 35.5. The van der Waals surface area contributed by atoms with Crippen molar-refractivity contribution in [3.63, 3.8) is 0 Å². The molecule has 1 fully saturated rings. The molecule has 1 nitrogen and oxygen atoms in total. The van der Waals surface area contributed by atoms with Crippen molar-refractivity contribution in [1.82, 2.24) is 5.32 Å². The summed E-state index contributed by atoms with van der Waals surface area (Å²) in [5.41, 5.74) is 1.33. The lowest BCUT2D eigenvalue weighted by Gasteiger charge is -2.39. The van der Waals surface area contributed by atoms with E-state index in [0.29, 0.717) is 18.0 Å². The molecule has 0 spiro atoms. The molecule has 2 rings (SSSR count). The Morgan fingerprint density at radius 3 is 2.47 bits per heavy atom. The lowest BCUT2D eigenvalue weighted by Crippen LogP contribution is -2.45. The van der Waals surface area contributed by atoms with E-state index in [1.54, 1.807) is 0 Å². The molecule has 94 valence electrons. The lowest BCUT2D eigenvalue weighted by molar-refractivity contribution is 0.259. The van der Waals surface area contributed by atoms with Crippen LogP contribution in [0.3, 0.4) is 0 Å². The maximum Gasteiger partial charge on any atom is 0.0440 e. The van der Waals surface area contributed by atoms with Gasteiger partial charge in [0.2, 0.25) is 0 Å². The van der Waals surface area contributed by atoms with Gasteiger partial charge in [0, 0.05) is 17.1 Å². The summed E-state index contributed by atoms with van der Waals surface area (Å²) in [6.45, 7) is 4.51. The number of halogens is 1. The van der Waals surface area contributed by atoms with Crippen molar-refractivity contribution < 1.29 is 0 Å². The van der Waals surface area contributed by atoms with Gasteiger partial charge < -0.3 is 5.32 Å². The zero-order valence-electron chi connectivity index (χ0n) is 10.7. The molecule has 17 heavy (non-hydrogen) atoms. The van der Waals surface area contributed by atoms with Crippen LogP contribution in [0.5, 0.6) is 0 Å². The summed E-state index contributed by atoms with van der Waals surface area (Å²) in [5.74, 6) is 0.663. The summed E-state index contributed by atoms with van der Waals surface area (Å²) in [6.07, 6.45) is 4.92. The molecule has 0 bridgehead atoms. The Labute approximate surface area is 110 Å². The van der Waals surface area contributed by atoms with Crippen molar-refractivity contribution in [2.45, 2.75) is 57.5 Å². The van der Waals surface area contributed by atoms with Crippen LogP contribution in [0.4, 0.5) is 0 Å². The maximum atomic E-state index is 6.22. The third-order valence-corrected chi connectivity index (χ3v) is 4.28. The molecule has 0 aliphatic heterocycles. The van der Waals surface area contributed by atoms with Crippen molar-refractivity contribution in [2.75, 3.05) is 0 Å². The van der Waals surface area contributed by atoms with Crippen LogP contribution in [0.2, 0.25) is 5.02 Å². The predicted octanol–water partition coefficient (Wildman–Crippen LogP) is 4.36. The Kier molecular flexibility index (Phi) is 4.47. The number of hydrogen-bond acceptors (Lipinski definition) is 1. The van der Waals surface area contributed by atoms with Gasteiger partial charge >= 0.3 is 0 Å². The van der Waals surface area contributed by atoms with E-state index in [4.69, 9.17) is 11.6 Å². The Morgan fingerprint density at radius 2 is 1.88 bits per heavy atom.